The lowest BCUT2D eigenvalue weighted by molar-refractivity contribution is 0.0270. The minimum Gasteiger partial charge on any atom is -0.484 e. The van der Waals surface area contributed by atoms with Crippen molar-refractivity contribution in [3.8, 4) is 5.75 Å². The second kappa shape index (κ2) is 8.14. The van der Waals surface area contributed by atoms with Crippen LogP contribution < -0.4 is 10.5 Å². The summed E-state index contributed by atoms with van der Waals surface area (Å²) in [4.78, 5) is 14.2. The molecule has 0 bridgehead atoms. The van der Waals surface area contributed by atoms with Crippen molar-refractivity contribution in [1.29, 1.82) is 0 Å². The summed E-state index contributed by atoms with van der Waals surface area (Å²) < 4.78 is 31.8. The summed E-state index contributed by atoms with van der Waals surface area (Å²) in [5.74, 6) is -0.178. The van der Waals surface area contributed by atoms with Crippen molar-refractivity contribution in [1.82, 2.24) is 4.90 Å². The van der Waals surface area contributed by atoms with Gasteiger partial charge in [0, 0.05) is 6.07 Å². The van der Waals surface area contributed by atoms with Crippen LogP contribution in [-0.2, 0) is 9.16 Å². The van der Waals surface area contributed by atoms with E-state index in [-0.39, 0.29) is 23.4 Å². The van der Waals surface area contributed by atoms with Crippen molar-refractivity contribution in [2.75, 3.05) is 18.8 Å². The molecule has 1 saturated heterocycles. The summed E-state index contributed by atoms with van der Waals surface area (Å²) in [6.45, 7) is 16.9. The molecule has 6 nitrogen and oxygen atoms in total. The predicted molar refractivity (Wildman–Crippen MR) is 115 cm³/mol. The Bertz CT molecular complexity index is 743. The molecule has 29 heavy (non-hydrogen) atoms. The van der Waals surface area contributed by atoms with Gasteiger partial charge < -0.3 is 24.5 Å². The Balaban J connectivity index is 2.25. The summed E-state index contributed by atoms with van der Waals surface area (Å²) >= 11 is 0. The van der Waals surface area contributed by atoms with E-state index < -0.39 is 31.9 Å². The molecule has 1 fully saturated rings. The predicted octanol–water partition coefficient (Wildman–Crippen LogP) is 4.80. The normalized spacial score (nSPS) is 20.7. The van der Waals surface area contributed by atoms with E-state index in [9.17, 15) is 9.18 Å². The summed E-state index contributed by atoms with van der Waals surface area (Å²) in [5, 5.41) is -0.00519. The molecule has 1 aromatic carbocycles. The van der Waals surface area contributed by atoms with Gasteiger partial charge in [0.1, 0.15) is 29.4 Å². The second-order valence-electron chi connectivity index (χ2n) is 10.1. The Morgan fingerprint density at radius 3 is 2.28 bits per heavy atom. The first-order chi connectivity index (χ1) is 13.1. The molecule has 0 spiro atoms. The van der Waals surface area contributed by atoms with Crippen LogP contribution >= 0.6 is 0 Å². The number of halogens is 1. The molecule has 1 heterocycles. The number of hydrogen-bond acceptors (Lipinski definition) is 5. The molecule has 0 aliphatic carbocycles. The van der Waals surface area contributed by atoms with Gasteiger partial charge in [-0.15, -0.1) is 0 Å². The van der Waals surface area contributed by atoms with Crippen LogP contribution in [0.1, 0.15) is 41.5 Å². The Morgan fingerprint density at radius 1 is 1.14 bits per heavy atom. The number of anilines is 1. The van der Waals surface area contributed by atoms with Crippen LogP contribution in [0.4, 0.5) is 14.9 Å². The molecular weight excluding hydrogens is 391 g/mol. The maximum Gasteiger partial charge on any atom is 0.410 e. The third-order valence-electron chi connectivity index (χ3n) is 5.37. The fraction of sp³-hybridized carbons (Fsp3) is 0.667. The number of ether oxygens (including phenoxy) is 2. The zero-order valence-corrected chi connectivity index (χ0v) is 19.8. The van der Waals surface area contributed by atoms with Gasteiger partial charge in [0.2, 0.25) is 0 Å². The molecule has 0 radical (unpaired) electrons. The highest BCUT2D eigenvalue weighted by Gasteiger charge is 2.46. The minimum absolute atomic E-state index is 0.00519. The van der Waals surface area contributed by atoms with Crippen molar-refractivity contribution in [2.45, 2.75) is 77.5 Å². The van der Waals surface area contributed by atoms with E-state index in [1.54, 1.807) is 4.90 Å². The Morgan fingerprint density at radius 2 is 1.72 bits per heavy atom. The highest BCUT2D eigenvalue weighted by Crippen LogP contribution is 2.39. The summed E-state index contributed by atoms with van der Waals surface area (Å²) in [6.07, 6.45) is -1.24. The smallest absolute Gasteiger partial charge is 0.410 e. The van der Waals surface area contributed by atoms with Crippen LogP contribution in [0.15, 0.2) is 18.2 Å². The molecule has 164 valence electrons. The van der Waals surface area contributed by atoms with Crippen molar-refractivity contribution in [3.63, 3.8) is 0 Å². The first-order valence-electron chi connectivity index (χ1n) is 9.96. The van der Waals surface area contributed by atoms with Gasteiger partial charge in [0.05, 0.1) is 18.8 Å². The highest BCUT2D eigenvalue weighted by atomic mass is 28.4. The fourth-order valence-electron chi connectivity index (χ4n) is 2.77. The average Bonchev–Trinajstić information content (AvgIpc) is 2.90. The maximum atomic E-state index is 13.7. The van der Waals surface area contributed by atoms with E-state index in [0.717, 1.165) is 0 Å². The zero-order valence-electron chi connectivity index (χ0n) is 18.8. The van der Waals surface area contributed by atoms with Gasteiger partial charge in [-0.25, -0.2) is 9.18 Å². The van der Waals surface area contributed by atoms with Gasteiger partial charge in [-0.05, 0) is 51.0 Å². The molecule has 8 heteroatoms. The van der Waals surface area contributed by atoms with Gasteiger partial charge in [-0.2, -0.15) is 0 Å². The summed E-state index contributed by atoms with van der Waals surface area (Å²) in [6, 6.07) is 4.01. The number of likely N-dealkylation sites (tertiary alicyclic amines) is 1. The molecule has 1 aliphatic heterocycles. The molecule has 0 saturated carbocycles. The molecule has 2 atom stereocenters. The lowest BCUT2D eigenvalue weighted by Crippen LogP contribution is -2.48. The van der Waals surface area contributed by atoms with Crippen LogP contribution in [0.2, 0.25) is 18.1 Å². The standard InChI is InChI=1S/C21H35FN2O4Si/c1-20(2,3)27-19(25)24-12-17(26-16-11-14(22)9-10-15(16)23)18(13-24)28-29(7,8)21(4,5)6/h9-11,17-18H,12-13,23H2,1-8H3/t17-,18-/m0/s1. The van der Waals surface area contributed by atoms with Gasteiger partial charge in [-0.3, -0.25) is 0 Å². The van der Waals surface area contributed by atoms with Crippen LogP contribution in [0.5, 0.6) is 5.75 Å². The third kappa shape index (κ3) is 6.09. The number of nitrogens with zero attached hydrogens (tertiary/aromatic N) is 1. The largest absolute Gasteiger partial charge is 0.484 e. The van der Waals surface area contributed by atoms with Gasteiger partial charge >= 0.3 is 6.09 Å². The number of benzene rings is 1. The molecule has 2 N–H and O–H groups in total. The number of hydrogen-bond donors (Lipinski definition) is 1. The van der Waals surface area contributed by atoms with Crippen molar-refractivity contribution in [2.24, 2.45) is 0 Å². The number of amides is 1. The van der Waals surface area contributed by atoms with Crippen molar-refractivity contribution < 1.29 is 23.1 Å². The van der Waals surface area contributed by atoms with Gasteiger partial charge in [0.15, 0.2) is 8.32 Å². The average molecular weight is 427 g/mol. The number of nitrogen functional groups attached to an aromatic ring is 1. The lowest BCUT2D eigenvalue weighted by atomic mass is 10.2. The first-order valence-corrected chi connectivity index (χ1v) is 12.9. The number of carbonyl (C=O) groups excluding carboxylic acids is 1. The molecule has 1 amide bonds. The minimum atomic E-state index is -2.13. The highest BCUT2D eigenvalue weighted by molar-refractivity contribution is 6.74. The Labute approximate surface area is 174 Å². The van der Waals surface area contributed by atoms with Crippen molar-refractivity contribution >= 4 is 20.1 Å². The fourth-order valence-corrected chi connectivity index (χ4v) is 4.11. The van der Waals surface area contributed by atoms with E-state index in [0.29, 0.717) is 12.2 Å². The topological polar surface area (TPSA) is 74.0 Å². The number of nitrogens with two attached hydrogens (primary N) is 1. The maximum absolute atomic E-state index is 13.7. The zero-order chi connectivity index (χ0) is 22.2. The molecule has 0 unspecified atom stereocenters. The van der Waals surface area contributed by atoms with E-state index in [1.165, 1.54) is 18.2 Å². The quantitative estimate of drug-likeness (QED) is 0.553. The molecule has 2 rings (SSSR count). The SMILES string of the molecule is CC(C)(C)OC(=O)N1C[C@H](Oc2cc(F)ccc2N)[C@@H](O[Si](C)(C)C(C)(C)C)C1. The Hall–Kier alpha value is -1.80. The molecular formula is C21H35FN2O4Si. The molecule has 0 aromatic heterocycles. The van der Waals surface area contributed by atoms with Gasteiger partial charge in [0.25, 0.3) is 0 Å². The number of carbonyl (C=O) groups is 1. The monoisotopic (exact) mass is 426 g/mol. The third-order valence-corrected chi connectivity index (χ3v) is 9.88. The summed E-state index contributed by atoms with van der Waals surface area (Å²) in [5.41, 5.74) is 5.70. The molecule has 1 aliphatic rings. The van der Waals surface area contributed by atoms with Crippen molar-refractivity contribution in [3.05, 3.63) is 24.0 Å². The Kier molecular flexibility index (Phi) is 6.59. The van der Waals surface area contributed by atoms with Gasteiger partial charge in [-0.1, -0.05) is 20.8 Å². The molecule has 1 aromatic rings. The van der Waals surface area contributed by atoms with E-state index >= 15 is 0 Å². The van der Waals surface area contributed by atoms with Crippen LogP contribution in [0.25, 0.3) is 0 Å². The lowest BCUT2D eigenvalue weighted by Gasteiger charge is -2.39. The van der Waals surface area contributed by atoms with Crippen LogP contribution in [0.3, 0.4) is 0 Å². The van der Waals surface area contributed by atoms with Crippen LogP contribution in [0, 0.1) is 5.82 Å². The first kappa shape index (κ1) is 23.5. The van der Waals surface area contributed by atoms with E-state index in [2.05, 4.69) is 33.9 Å². The van der Waals surface area contributed by atoms with Crippen LogP contribution in [-0.4, -0.2) is 50.2 Å². The van der Waals surface area contributed by atoms with E-state index in [1.807, 2.05) is 20.8 Å². The number of rotatable bonds is 4. The van der Waals surface area contributed by atoms with E-state index in [4.69, 9.17) is 19.6 Å². The summed E-state index contributed by atoms with van der Waals surface area (Å²) in [7, 11) is -2.13. The second-order valence-corrected chi connectivity index (χ2v) is 14.9.